The maximum Gasteiger partial charge on any atom is 0.358 e. The number of benzene rings is 1. The molecule has 1 aliphatic carbocycles. The summed E-state index contributed by atoms with van der Waals surface area (Å²) in [5, 5.41) is 9.98. The molecule has 0 aliphatic heterocycles. The van der Waals surface area contributed by atoms with Crippen LogP contribution >= 0.6 is 0 Å². The minimum atomic E-state index is -1.38. The summed E-state index contributed by atoms with van der Waals surface area (Å²) in [7, 11) is 0. The molecule has 5 heteroatoms. The van der Waals surface area contributed by atoms with Crippen LogP contribution < -0.4 is 9.47 Å². The Hall–Kier alpha value is -1.98. The van der Waals surface area contributed by atoms with Crippen LogP contribution in [0.1, 0.15) is 75.2 Å². The van der Waals surface area contributed by atoms with Gasteiger partial charge in [0.1, 0.15) is 17.3 Å². The Labute approximate surface area is 183 Å². The highest BCUT2D eigenvalue weighted by molar-refractivity contribution is 5.31. The first-order valence-electron chi connectivity index (χ1n) is 11.1. The van der Waals surface area contributed by atoms with Crippen molar-refractivity contribution in [2.45, 2.75) is 99.4 Å². The molecule has 1 N–H and O–H groups in total. The molecule has 0 saturated carbocycles. The summed E-state index contributed by atoms with van der Waals surface area (Å²) in [5.41, 5.74) is -0.200. The van der Waals surface area contributed by atoms with Gasteiger partial charge < -0.3 is 24.1 Å². The monoisotopic (exact) mass is 422 g/mol. The fraction of sp³-hybridized carbons (Fsp3) is 0.600. The number of aliphatic hydroxyl groups excluding tert-OH is 1. The van der Waals surface area contributed by atoms with Gasteiger partial charge >= 0.3 is 6.48 Å². The Kier molecular flexibility index (Phi) is 13.9. The maximum atomic E-state index is 9.98. The van der Waals surface area contributed by atoms with Gasteiger partial charge in [-0.15, -0.1) is 0 Å². The number of ether oxygens (including phenoxy) is 4. The van der Waals surface area contributed by atoms with Crippen molar-refractivity contribution in [1.82, 2.24) is 0 Å². The summed E-state index contributed by atoms with van der Waals surface area (Å²) in [6.45, 7) is 16.8. The topological polar surface area (TPSA) is 57.2 Å². The lowest BCUT2D eigenvalue weighted by Gasteiger charge is -2.27. The quantitative estimate of drug-likeness (QED) is 0.477. The highest BCUT2D eigenvalue weighted by Gasteiger charge is 2.19. The lowest BCUT2D eigenvalue weighted by molar-refractivity contribution is -0.191. The van der Waals surface area contributed by atoms with Gasteiger partial charge in [-0.25, -0.2) is 0 Å². The maximum absolute atomic E-state index is 9.98. The van der Waals surface area contributed by atoms with E-state index in [1.165, 1.54) is 0 Å². The van der Waals surface area contributed by atoms with Gasteiger partial charge in [0, 0.05) is 0 Å². The molecule has 0 saturated heterocycles. The van der Waals surface area contributed by atoms with Crippen LogP contribution in [0, 0.1) is 0 Å². The minimum absolute atomic E-state index is 0.0125. The third-order valence-corrected chi connectivity index (χ3v) is 3.74. The van der Waals surface area contributed by atoms with Crippen LogP contribution in [0.3, 0.4) is 0 Å². The fourth-order valence-corrected chi connectivity index (χ4v) is 2.38. The molecule has 0 heterocycles. The summed E-state index contributed by atoms with van der Waals surface area (Å²) in [5.74, 6) is 1.83. The zero-order valence-corrected chi connectivity index (χ0v) is 20.3. The van der Waals surface area contributed by atoms with Crippen molar-refractivity contribution in [3.8, 4) is 11.5 Å². The second kappa shape index (κ2) is 14.9. The average Bonchev–Trinajstić information content (AvgIpc) is 2.73. The van der Waals surface area contributed by atoms with E-state index in [0.717, 1.165) is 12.2 Å². The molecular formula is C25H42O5. The predicted octanol–water partition coefficient (Wildman–Crippen LogP) is 6.62. The van der Waals surface area contributed by atoms with Crippen molar-refractivity contribution < 1.29 is 24.1 Å². The zero-order chi connectivity index (χ0) is 23.2. The Bertz CT molecular complexity index is 613. The summed E-state index contributed by atoms with van der Waals surface area (Å²) in [6.07, 6.45) is 7.40. The Morgan fingerprint density at radius 3 is 1.93 bits per heavy atom. The molecule has 1 aromatic rings. The molecule has 3 atom stereocenters. The molecule has 30 heavy (non-hydrogen) atoms. The van der Waals surface area contributed by atoms with E-state index < -0.39 is 6.48 Å². The van der Waals surface area contributed by atoms with Crippen LogP contribution in [0.15, 0.2) is 48.3 Å². The Morgan fingerprint density at radius 2 is 1.50 bits per heavy atom. The van der Waals surface area contributed by atoms with Gasteiger partial charge in [0.2, 0.25) is 0 Å². The van der Waals surface area contributed by atoms with Gasteiger partial charge in [0.05, 0.1) is 17.8 Å². The van der Waals surface area contributed by atoms with Gasteiger partial charge in [0.25, 0.3) is 0 Å². The van der Waals surface area contributed by atoms with Crippen LogP contribution in [0.4, 0.5) is 0 Å². The Morgan fingerprint density at radius 1 is 0.967 bits per heavy atom. The van der Waals surface area contributed by atoms with Crippen molar-refractivity contribution in [2.75, 3.05) is 0 Å². The molecule has 0 spiro atoms. The van der Waals surface area contributed by atoms with E-state index in [0.29, 0.717) is 17.9 Å². The van der Waals surface area contributed by atoms with E-state index >= 15 is 0 Å². The molecule has 1 aliphatic rings. The normalized spacial score (nSPS) is 17.3. The van der Waals surface area contributed by atoms with E-state index in [1.54, 1.807) is 18.2 Å². The van der Waals surface area contributed by atoms with Gasteiger partial charge in [0.15, 0.2) is 0 Å². The first-order valence-corrected chi connectivity index (χ1v) is 11.1. The number of hydrogen-bond donors (Lipinski definition) is 1. The third kappa shape index (κ3) is 11.9. The van der Waals surface area contributed by atoms with Crippen molar-refractivity contribution in [3.05, 3.63) is 48.3 Å². The molecule has 2 rings (SSSR count). The first kappa shape index (κ1) is 28.0. The molecule has 5 nitrogen and oxygen atoms in total. The van der Waals surface area contributed by atoms with Gasteiger partial charge in [-0.1, -0.05) is 40.7 Å². The lowest BCUT2D eigenvalue weighted by atomic mass is 10.1. The second-order valence-corrected chi connectivity index (χ2v) is 7.32. The van der Waals surface area contributed by atoms with E-state index in [4.69, 9.17) is 18.9 Å². The van der Waals surface area contributed by atoms with Crippen molar-refractivity contribution >= 4 is 0 Å². The largest absolute Gasteiger partial charge is 0.491 e. The summed E-state index contributed by atoms with van der Waals surface area (Å²) in [4.78, 5) is 0. The highest BCUT2D eigenvalue weighted by atomic mass is 16.8. The summed E-state index contributed by atoms with van der Waals surface area (Å²) < 4.78 is 22.4. The van der Waals surface area contributed by atoms with E-state index in [1.807, 2.05) is 79.7 Å². The van der Waals surface area contributed by atoms with Crippen molar-refractivity contribution in [3.63, 3.8) is 0 Å². The average molecular weight is 423 g/mol. The number of aliphatic hydroxyl groups is 1. The van der Waals surface area contributed by atoms with E-state index in [-0.39, 0.29) is 17.8 Å². The molecule has 0 amide bonds. The number of rotatable bonds is 8. The molecule has 172 valence electrons. The predicted molar refractivity (Wildman–Crippen MR) is 124 cm³/mol. The van der Waals surface area contributed by atoms with Crippen LogP contribution in [0.25, 0.3) is 0 Å². The van der Waals surface area contributed by atoms with Crippen LogP contribution in [0.2, 0.25) is 0 Å². The highest BCUT2D eigenvalue weighted by Crippen LogP contribution is 2.23. The molecule has 0 aromatic heterocycles. The summed E-state index contributed by atoms with van der Waals surface area (Å²) >= 11 is 0. The molecule has 0 fully saturated rings. The van der Waals surface area contributed by atoms with E-state index in [9.17, 15) is 5.11 Å². The molecule has 1 aromatic carbocycles. The van der Waals surface area contributed by atoms with E-state index in [2.05, 4.69) is 6.92 Å². The van der Waals surface area contributed by atoms with Crippen LogP contribution in [0.5, 0.6) is 11.5 Å². The summed E-state index contributed by atoms with van der Waals surface area (Å²) in [6, 6.07) is 7.09. The number of allylic oxidation sites excluding steroid dienone is 1. The molecule has 0 bridgehead atoms. The van der Waals surface area contributed by atoms with Crippen LogP contribution in [-0.2, 0) is 9.47 Å². The second-order valence-electron chi connectivity index (χ2n) is 7.32. The zero-order valence-electron chi connectivity index (χ0n) is 20.3. The molecular weight excluding hydrogens is 380 g/mol. The standard InChI is InChI=1S/C21H30O5.2C2H6/c1-6-15(2)23-16-7-9-17(10-8-16)24-20(22)25-18-11-13-19(14-12-18)26-21(3,4)5;2*1-2/h7-13,15,19-20,22H,6,14H2,1-5H3;2*1-2H3. The smallest absolute Gasteiger partial charge is 0.358 e. The van der Waals surface area contributed by atoms with Crippen LogP contribution in [-0.4, -0.2) is 29.4 Å². The van der Waals surface area contributed by atoms with Crippen molar-refractivity contribution in [1.29, 1.82) is 0 Å². The minimum Gasteiger partial charge on any atom is -0.491 e. The van der Waals surface area contributed by atoms with Gasteiger partial charge in [-0.05, 0) is 77.0 Å². The molecule has 3 unspecified atom stereocenters. The van der Waals surface area contributed by atoms with Gasteiger partial charge in [-0.3, -0.25) is 0 Å². The van der Waals surface area contributed by atoms with Crippen molar-refractivity contribution in [2.24, 2.45) is 0 Å². The fourth-order valence-electron chi connectivity index (χ4n) is 2.38. The molecule has 0 radical (unpaired) electrons. The Balaban J connectivity index is 0.00000198. The van der Waals surface area contributed by atoms with Gasteiger partial charge in [-0.2, -0.15) is 0 Å². The SMILES string of the molecule is CC.CC.CCC(C)Oc1ccc(OC(O)OC2=CCC(OC(C)(C)C)C=C2)cc1. The third-order valence-electron chi connectivity index (χ3n) is 3.74. The lowest BCUT2D eigenvalue weighted by Crippen LogP contribution is -2.27. The number of hydrogen-bond acceptors (Lipinski definition) is 5. The first-order chi connectivity index (χ1) is 14.2.